The van der Waals surface area contributed by atoms with Gasteiger partial charge >= 0.3 is 0 Å². The molecule has 0 aliphatic rings. The van der Waals surface area contributed by atoms with E-state index in [-0.39, 0.29) is 5.88 Å². The molecule has 0 radical (unpaired) electrons. The number of aryl methyl sites for hydroxylation is 1. The molecule has 7 heteroatoms. The summed E-state index contributed by atoms with van der Waals surface area (Å²) in [6.45, 7) is 5.40. The first-order valence-electron chi connectivity index (χ1n) is 6.19. The summed E-state index contributed by atoms with van der Waals surface area (Å²) in [7, 11) is 0. The molecule has 0 saturated carbocycles. The van der Waals surface area contributed by atoms with Crippen molar-refractivity contribution >= 4 is 5.95 Å². The SMILES string of the molecule is CCCn1cc(Oc2nc(NCC)ncc2F)cn1. The molecule has 0 aliphatic carbocycles. The molecule has 0 saturated heterocycles. The highest BCUT2D eigenvalue weighted by Gasteiger charge is 2.10. The Labute approximate surface area is 110 Å². The molecular weight excluding hydrogens is 249 g/mol. The van der Waals surface area contributed by atoms with E-state index in [0.29, 0.717) is 18.2 Å². The van der Waals surface area contributed by atoms with E-state index in [9.17, 15) is 4.39 Å². The molecule has 0 unspecified atom stereocenters. The van der Waals surface area contributed by atoms with Crippen molar-refractivity contribution in [3.8, 4) is 11.6 Å². The van der Waals surface area contributed by atoms with Crippen molar-refractivity contribution in [2.24, 2.45) is 0 Å². The summed E-state index contributed by atoms with van der Waals surface area (Å²) < 4.78 is 20.7. The van der Waals surface area contributed by atoms with Gasteiger partial charge in [0.25, 0.3) is 5.88 Å². The average molecular weight is 265 g/mol. The zero-order valence-electron chi connectivity index (χ0n) is 10.9. The molecule has 1 N–H and O–H groups in total. The molecule has 0 bridgehead atoms. The molecule has 0 aliphatic heterocycles. The number of nitrogens with zero attached hydrogens (tertiary/aromatic N) is 4. The largest absolute Gasteiger partial charge is 0.433 e. The highest BCUT2D eigenvalue weighted by atomic mass is 19.1. The van der Waals surface area contributed by atoms with E-state index in [1.165, 1.54) is 6.20 Å². The second-order valence-corrected chi connectivity index (χ2v) is 3.92. The predicted octanol–water partition coefficient (Wildman–Crippen LogP) is 2.45. The molecule has 2 aromatic heterocycles. The second kappa shape index (κ2) is 6.12. The van der Waals surface area contributed by atoms with E-state index >= 15 is 0 Å². The summed E-state index contributed by atoms with van der Waals surface area (Å²) in [5.74, 6) is 0.0697. The quantitative estimate of drug-likeness (QED) is 0.869. The topological polar surface area (TPSA) is 64.9 Å². The van der Waals surface area contributed by atoms with Crippen LogP contribution in [-0.4, -0.2) is 26.3 Å². The highest BCUT2D eigenvalue weighted by molar-refractivity contribution is 5.30. The maximum absolute atomic E-state index is 13.5. The highest BCUT2D eigenvalue weighted by Crippen LogP contribution is 2.22. The van der Waals surface area contributed by atoms with Gasteiger partial charge in [0, 0.05) is 13.1 Å². The Morgan fingerprint density at radius 2 is 2.21 bits per heavy atom. The van der Waals surface area contributed by atoms with Gasteiger partial charge in [-0.3, -0.25) is 4.68 Å². The molecule has 0 amide bonds. The van der Waals surface area contributed by atoms with Gasteiger partial charge in [-0.25, -0.2) is 4.98 Å². The van der Waals surface area contributed by atoms with Gasteiger partial charge < -0.3 is 10.1 Å². The van der Waals surface area contributed by atoms with Crippen molar-refractivity contribution in [2.75, 3.05) is 11.9 Å². The van der Waals surface area contributed by atoms with Crippen LogP contribution < -0.4 is 10.1 Å². The molecule has 102 valence electrons. The summed E-state index contributed by atoms with van der Waals surface area (Å²) in [5.41, 5.74) is 0. The Bertz CT molecular complexity index is 543. The van der Waals surface area contributed by atoms with Gasteiger partial charge in [0.2, 0.25) is 11.8 Å². The van der Waals surface area contributed by atoms with Crippen LogP contribution in [0.15, 0.2) is 18.6 Å². The Morgan fingerprint density at radius 3 is 2.95 bits per heavy atom. The molecule has 6 nitrogen and oxygen atoms in total. The van der Waals surface area contributed by atoms with Crippen molar-refractivity contribution in [3.63, 3.8) is 0 Å². The fourth-order valence-electron chi connectivity index (χ4n) is 1.53. The van der Waals surface area contributed by atoms with Gasteiger partial charge in [0.1, 0.15) is 0 Å². The first-order valence-corrected chi connectivity index (χ1v) is 6.19. The first kappa shape index (κ1) is 13.3. The molecule has 2 heterocycles. The minimum Gasteiger partial charge on any atom is -0.433 e. The standard InChI is InChI=1S/C12H16FN5O/c1-3-5-18-8-9(6-16-18)19-11-10(13)7-15-12(17-11)14-4-2/h6-8H,3-5H2,1-2H3,(H,14,15,17). The van der Waals surface area contributed by atoms with Crippen LogP contribution >= 0.6 is 0 Å². The van der Waals surface area contributed by atoms with Crippen molar-refractivity contribution in [1.29, 1.82) is 0 Å². The maximum Gasteiger partial charge on any atom is 0.260 e. The van der Waals surface area contributed by atoms with E-state index < -0.39 is 5.82 Å². The van der Waals surface area contributed by atoms with Crippen LogP contribution in [0, 0.1) is 5.82 Å². The van der Waals surface area contributed by atoms with Gasteiger partial charge in [-0.05, 0) is 13.3 Å². The van der Waals surface area contributed by atoms with Gasteiger partial charge in [-0.1, -0.05) is 6.92 Å². The Balaban J connectivity index is 2.14. The lowest BCUT2D eigenvalue weighted by Crippen LogP contribution is -2.04. The number of ether oxygens (including phenoxy) is 1. The van der Waals surface area contributed by atoms with E-state index in [2.05, 4.69) is 27.3 Å². The number of rotatable bonds is 6. The summed E-state index contributed by atoms with van der Waals surface area (Å²) in [5, 5.41) is 7.00. The van der Waals surface area contributed by atoms with Gasteiger partial charge in [-0.15, -0.1) is 0 Å². The summed E-state index contributed by atoms with van der Waals surface area (Å²) >= 11 is 0. The van der Waals surface area contributed by atoms with E-state index in [1.54, 1.807) is 10.9 Å². The lowest BCUT2D eigenvalue weighted by atomic mass is 10.5. The minimum absolute atomic E-state index is 0.109. The molecule has 0 atom stereocenters. The second-order valence-electron chi connectivity index (χ2n) is 3.92. The number of hydrogen-bond donors (Lipinski definition) is 1. The van der Waals surface area contributed by atoms with Gasteiger partial charge in [0.05, 0.1) is 18.6 Å². The molecule has 0 fully saturated rings. The van der Waals surface area contributed by atoms with Crippen LogP contribution in [0.5, 0.6) is 11.6 Å². The van der Waals surface area contributed by atoms with Crippen molar-refractivity contribution in [3.05, 3.63) is 24.4 Å². The summed E-state index contributed by atoms with van der Waals surface area (Å²) in [4.78, 5) is 7.76. The van der Waals surface area contributed by atoms with Crippen molar-refractivity contribution in [1.82, 2.24) is 19.7 Å². The van der Waals surface area contributed by atoms with Crippen molar-refractivity contribution < 1.29 is 9.13 Å². The number of halogens is 1. The van der Waals surface area contributed by atoms with Crippen LogP contribution in [0.3, 0.4) is 0 Å². The van der Waals surface area contributed by atoms with Gasteiger partial charge in [0.15, 0.2) is 5.75 Å². The molecule has 2 aromatic rings. The Morgan fingerprint density at radius 1 is 1.37 bits per heavy atom. The van der Waals surface area contributed by atoms with E-state index in [0.717, 1.165) is 19.2 Å². The molecule has 0 spiro atoms. The van der Waals surface area contributed by atoms with Crippen LogP contribution in [0.4, 0.5) is 10.3 Å². The maximum atomic E-state index is 13.5. The minimum atomic E-state index is -0.607. The molecule has 19 heavy (non-hydrogen) atoms. The third-order valence-corrected chi connectivity index (χ3v) is 2.32. The molecule has 0 aromatic carbocycles. The molecule has 2 rings (SSSR count). The zero-order chi connectivity index (χ0) is 13.7. The third kappa shape index (κ3) is 3.40. The summed E-state index contributed by atoms with van der Waals surface area (Å²) in [6, 6.07) is 0. The lowest BCUT2D eigenvalue weighted by Gasteiger charge is -2.05. The van der Waals surface area contributed by atoms with Crippen LogP contribution in [0.25, 0.3) is 0 Å². The number of aromatic nitrogens is 4. The zero-order valence-corrected chi connectivity index (χ0v) is 10.9. The monoisotopic (exact) mass is 265 g/mol. The molecular formula is C12H16FN5O. The van der Waals surface area contributed by atoms with Crippen molar-refractivity contribution in [2.45, 2.75) is 26.8 Å². The van der Waals surface area contributed by atoms with E-state index in [4.69, 9.17) is 4.74 Å². The van der Waals surface area contributed by atoms with Gasteiger partial charge in [-0.2, -0.15) is 14.5 Å². The third-order valence-electron chi connectivity index (χ3n) is 2.32. The first-order chi connectivity index (χ1) is 9.22. The number of anilines is 1. The van der Waals surface area contributed by atoms with Crippen LogP contribution in [0.1, 0.15) is 20.3 Å². The Kier molecular flexibility index (Phi) is 4.27. The van der Waals surface area contributed by atoms with E-state index in [1.807, 2.05) is 6.92 Å². The predicted molar refractivity (Wildman–Crippen MR) is 68.7 cm³/mol. The summed E-state index contributed by atoms with van der Waals surface area (Å²) in [6.07, 6.45) is 5.28. The number of hydrogen-bond acceptors (Lipinski definition) is 5. The normalized spacial score (nSPS) is 10.5. The lowest BCUT2D eigenvalue weighted by molar-refractivity contribution is 0.420. The Hall–Kier alpha value is -2.18. The fourth-order valence-corrected chi connectivity index (χ4v) is 1.53. The van der Waals surface area contributed by atoms with Crippen LogP contribution in [-0.2, 0) is 6.54 Å². The number of nitrogens with one attached hydrogen (secondary N) is 1. The average Bonchev–Trinajstić information content (AvgIpc) is 2.82. The smallest absolute Gasteiger partial charge is 0.260 e. The fraction of sp³-hybridized carbons (Fsp3) is 0.417. The van der Waals surface area contributed by atoms with Crippen LogP contribution in [0.2, 0.25) is 0 Å².